The normalized spacial score (nSPS) is 23.5. The summed E-state index contributed by atoms with van der Waals surface area (Å²) in [6, 6.07) is 9.24. The van der Waals surface area contributed by atoms with Gasteiger partial charge in [0, 0.05) is 12.6 Å². The van der Waals surface area contributed by atoms with Crippen molar-refractivity contribution in [2.45, 2.75) is 31.3 Å². The Morgan fingerprint density at radius 3 is 2.85 bits per heavy atom. The van der Waals surface area contributed by atoms with Gasteiger partial charge in [-0.3, -0.25) is 9.59 Å². The number of likely N-dealkylation sites (tertiary alicyclic amines) is 1. The molecule has 1 aromatic carbocycles. The molecule has 2 aliphatic rings. The number of amides is 2. The van der Waals surface area contributed by atoms with Crippen molar-refractivity contribution in [3.63, 3.8) is 0 Å². The van der Waals surface area contributed by atoms with E-state index in [0.717, 1.165) is 24.9 Å². The Labute approximate surface area is 167 Å². The highest BCUT2D eigenvalue weighted by molar-refractivity contribution is 7.12. The third-order valence-corrected chi connectivity index (χ3v) is 6.60. The maximum Gasteiger partial charge on any atom is 0.261 e. The largest absolute Gasteiger partial charge is 0.495 e. The molecule has 0 spiro atoms. The fraction of sp³-hybridized carbons (Fsp3) is 0.400. The standard InChI is InChI=1S/C20H21ClN2O3S/c1-26-17-5-4-12(7-14(17)21)10-19(24)23-11-13-8-15(16(23)9-13)22-20(25)18-3-2-6-27-18/h2-7,13,15-16H,8-11H2,1H3,(H,22,25)/t13-,15+,16-/m1/s1. The summed E-state index contributed by atoms with van der Waals surface area (Å²) in [5.74, 6) is 1.10. The number of methoxy groups -OCH3 is 1. The predicted molar refractivity (Wildman–Crippen MR) is 106 cm³/mol. The zero-order valence-corrected chi connectivity index (χ0v) is 16.6. The summed E-state index contributed by atoms with van der Waals surface area (Å²) in [7, 11) is 1.57. The van der Waals surface area contributed by atoms with Crippen LogP contribution in [0.25, 0.3) is 0 Å². The van der Waals surface area contributed by atoms with Gasteiger partial charge in [-0.2, -0.15) is 0 Å². The van der Waals surface area contributed by atoms with Gasteiger partial charge >= 0.3 is 0 Å². The predicted octanol–water partition coefficient (Wildman–Crippen LogP) is 3.37. The molecule has 7 heteroatoms. The van der Waals surface area contributed by atoms with Crippen molar-refractivity contribution in [1.82, 2.24) is 10.2 Å². The molecule has 1 aliphatic heterocycles. The number of rotatable bonds is 5. The van der Waals surface area contributed by atoms with Gasteiger partial charge < -0.3 is 15.0 Å². The maximum atomic E-state index is 12.9. The lowest BCUT2D eigenvalue weighted by molar-refractivity contribution is -0.132. The highest BCUT2D eigenvalue weighted by Crippen LogP contribution is 2.38. The lowest BCUT2D eigenvalue weighted by atomic mass is 10.0. The van der Waals surface area contributed by atoms with Crippen molar-refractivity contribution in [3.8, 4) is 5.75 Å². The van der Waals surface area contributed by atoms with E-state index < -0.39 is 0 Å². The lowest BCUT2D eigenvalue weighted by Gasteiger charge is -2.33. The van der Waals surface area contributed by atoms with E-state index in [0.29, 0.717) is 28.0 Å². The first-order chi connectivity index (χ1) is 13.0. The van der Waals surface area contributed by atoms with Gasteiger partial charge in [0.05, 0.1) is 29.5 Å². The molecular weight excluding hydrogens is 384 g/mol. The molecule has 5 nitrogen and oxygen atoms in total. The maximum absolute atomic E-state index is 12.9. The van der Waals surface area contributed by atoms with Crippen LogP contribution in [0.3, 0.4) is 0 Å². The molecule has 2 heterocycles. The van der Waals surface area contributed by atoms with Crippen LogP contribution in [-0.2, 0) is 11.2 Å². The Morgan fingerprint density at radius 2 is 2.19 bits per heavy atom. The molecule has 1 saturated carbocycles. The van der Waals surface area contributed by atoms with E-state index >= 15 is 0 Å². The van der Waals surface area contributed by atoms with Crippen molar-refractivity contribution < 1.29 is 14.3 Å². The Hall–Kier alpha value is -2.05. The van der Waals surface area contributed by atoms with Crippen molar-refractivity contribution in [3.05, 3.63) is 51.2 Å². The number of thiophene rings is 1. The third-order valence-electron chi connectivity index (χ3n) is 5.44. The van der Waals surface area contributed by atoms with E-state index in [2.05, 4.69) is 5.32 Å². The molecule has 2 fully saturated rings. The summed E-state index contributed by atoms with van der Waals surface area (Å²) in [6.45, 7) is 0.777. The van der Waals surface area contributed by atoms with Gasteiger partial charge in [-0.25, -0.2) is 0 Å². The van der Waals surface area contributed by atoms with Gasteiger partial charge in [0.2, 0.25) is 5.91 Å². The Morgan fingerprint density at radius 1 is 1.33 bits per heavy atom. The molecule has 1 saturated heterocycles. The van der Waals surface area contributed by atoms with E-state index in [1.165, 1.54) is 11.3 Å². The minimum absolute atomic E-state index is 0.0294. The number of benzene rings is 1. The van der Waals surface area contributed by atoms with E-state index in [1.807, 2.05) is 28.5 Å². The molecule has 1 aliphatic carbocycles. The molecule has 2 amide bonds. The van der Waals surface area contributed by atoms with Gasteiger partial charge in [-0.05, 0) is 47.9 Å². The number of halogens is 1. The van der Waals surface area contributed by atoms with Crippen LogP contribution in [-0.4, -0.2) is 42.5 Å². The number of hydrogen-bond acceptors (Lipinski definition) is 4. The van der Waals surface area contributed by atoms with E-state index in [-0.39, 0.29) is 23.9 Å². The quantitative estimate of drug-likeness (QED) is 0.831. The van der Waals surface area contributed by atoms with Crippen LogP contribution in [0, 0.1) is 5.92 Å². The van der Waals surface area contributed by atoms with Crippen LogP contribution in [0.15, 0.2) is 35.7 Å². The highest BCUT2D eigenvalue weighted by atomic mass is 35.5. The fourth-order valence-corrected chi connectivity index (χ4v) is 5.12. The fourth-order valence-electron chi connectivity index (χ4n) is 4.21. The smallest absolute Gasteiger partial charge is 0.261 e. The van der Waals surface area contributed by atoms with Gasteiger partial charge in [0.1, 0.15) is 5.75 Å². The SMILES string of the molecule is COc1ccc(CC(=O)N2C[C@@H]3C[C@H](NC(=O)c4cccs4)[C@H]2C3)cc1Cl. The monoisotopic (exact) mass is 404 g/mol. The molecule has 2 aromatic rings. The number of carbonyl (C=O) groups excluding carboxylic acids is 2. The summed E-state index contributed by atoms with van der Waals surface area (Å²) in [5, 5.41) is 5.53. The topological polar surface area (TPSA) is 58.6 Å². The second-order valence-electron chi connectivity index (χ2n) is 7.15. The van der Waals surface area contributed by atoms with Crippen molar-refractivity contribution in [1.29, 1.82) is 0 Å². The van der Waals surface area contributed by atoms with Crippen LogP contribution in [0.2, 0.25) is 5.02 Å². The molecule has 142 valence electrons. The van der Waals surface area contributed by atoms with Crippen LogP contribution in [0.4, 0.5) is 0 Å². The molecule has 1 aromatic heterocycles. The number of piperidine rings is 1. The molecule has 4 rings (SSSR count). The average Bonchev–Trinajstić information content (AvgIpc) is 3.38. The summed E-state index contributed by atoms with van der Waals surface area (Å²) in [5.41, 5.74) is 0.868. The Balaban J connectivity index is 1.41. The van der Waals surface area contributed by atoms with Crippen LogP contribution in [0.5, 0.6) is 5.75 Å². The average molecular weight is 405 g/mol. The second-order valence-corrected chi connectivity index (χ2v) is 8.51. The van der Waals surface area contributed by atoms with Crippen LogP contribution in [0.1, 0.15) is 28.1 Å². The third kappa shape index (κ3) is 3.69. The first kappa shape index (κ1) is 18.3. The summed E-state index contributed by atoms with van der Waals surface area (Å²) < 4.78 is 5.16. The molecule has 0 radical (unpaired) electrons. The Bertz CT molecular complexity index is 855. The molecule has 27 heavy (non-hydrogen) atoms. The number of carbonyl (C=O) groups is 2. The number of ether oxygens (including phenoxy) is 1. The van der Waals surface area contributed by atoms with E-state index in [4.69, 9.17) is 16.3 Å². The Kier molecular flexibility index (Phi) is 5.10. The van der Waals surface area contributed by atoms with E-state index in [1.54, 1.807) is 19.2 Å². The molecule has 2 bridgehead atoms. The first-order valence-corrected chi connectivity index (χ1v) is 10.3. The lowest BCUT2D eigenvalue weighted by Crippen LogP contribution is -2.52. The summed E-state index contributed by atoms with van der Waals surface area (Å²) >= 11 is 7.60. The number of nitrogens with one attached hydrogen (secondary N) is 1. The van der Waals surface area contributed by atoms with Crippen molar-refractivity contribution in [2.24, 2.45) is 5.92 Å². The van der Waals surface area contributed by atoms with Gasteiger partial charge in [0.15, 0.2) is 0 Å². The van der Waals surface area contributed by atoms with Gasteiger partial charge in [-0.1, -0.05) is 23.7 Å². The summed E-state index contributed by atoms with van der Waals surface area (Å²) in [6.07, 6.45) is 2.21. The van der Waals surface area contributed by atoms with Crippen LogP contribution < -0.4 is 10.1 Å². The highest BCUT2D eigenvalue weighted by Gasteiger charge is 2.47. The minimum Gasteiger partial charge on any atom is -0.495 e. The molecule has 3 atom stereocenters. The zero-order valence-electron chi connectivity index (χ0n) is 15.0. The van der Waals surface area contributed by atoms with Crippen molar-refractivity contribution in [2.75, 3.05) is 13.7 Å². The first-order valence-electron chi connectivity index (χ1n) is 9.01. The van der Waals surface area contributed by atoms with E-state index in [9.17, 15) is 9.59 Å². The zero-order chi connectivity index (χ0) is 19.0. The van der Waals surface area contributed by atoms with Crippen LogP contribution >= 0.6 is 22.9 Å². The number of hydrogen-bond donors (Lipinski definition) is 1. The summed E-state index contributed by atoms with van der Waals surface area (Å²) in [4.78, 5) is 27.9. The number of fused-ring (bicyclic) bond motifs is 2. The molecular formula is C20H21ClN2O3S. The second kappa shape index (κ2) is 7.52. The van der Waals surface area contributed by atoms with Gasteiger partial charge in [-0.15, -0.1) is 11.3 Å². The van der Waals surface area contributed by atoms with Crippen molar-refractivity contribution >= 4 is 34.8 Å². The minimum atomic E-state index is -0.0446. The molecule has 0 unspecified atom stereocenters. The van der Waals surface area contributed by atoms with Gasteiger partial charge in [0.25, 0.3) is 5.91 Å². The molecule has 1 N–H and O–H groups in total. The number of nitrogens with zero attached hydrogens (tertiary/aromatic N) is 1.